The molecule has 3 N–H and O–H groups in total. The van der Waals surface area contributed by atoms with Crippen LogP contribution in [0.4, 0.5) is 0 Å². The van der Waals surface area contributed by atoms with Crippen LogP contribution in [-0.4, -0.2) is 18.0 Å². The van der Waals surface area contributed by atoms with E-state index in [1.807, 2.05) is 0 Å². The highest BCUT2D eigenvalue weighted by molar-refractivity contribution is 6.30. The molecule has 1 fully saturated rings. The minimum absolute atomic E-state index is 0.0704. The van der Waals surface area contributed by atoms with Crippen LogP contribution >= 0.6 is 11.6 Å². The molecule has 2 rings (SSSR count). The predicted molar refractivity (Wildman–Crippen MR) is 64.5 cm³/mol. The topological polar surface area (TPSA) is 55.1 Å². The van der Waals surface area contributed by atoms with Gasteiger partial charge >= 0.3 is 0 Å². The van der Waals surface area contributed by atoms with Crippen molar-refractivity contribution in [2.75, 3.05) is 0 Å². The van der Waals surface area contributed by atoms with Gasteiger partial charge in [0.05, 0.1) is 0 Å². The van der Waals surface area contributed by atoms with Crippen LogP contribution in [-0.2, 0) is 0 Å². The summed E-state index contributed by atoms with van der Waals surface area (Å²) in [4.78, 5) is 11.8. The first kappa shape index (κ1) is 11.4. The average molecular weight is 239 g/mol. The van der Waals surface area contributed by atoms with Gasteiger partial charge in [0.1, 0.15) is 0 Å². The second kappa shape index (κ2) is 4.85. The van der Waals surface area contributed by atoms with Crippen molar-refractivity contribution < 1.29 is 4.79 Å². The molecule has 1 aliphatic rings. The Hall–Kier alpha value is -1.06. The van der Waals surface area contributed by atoms with Gasteiger partial charge in [-0.05, 0) is 43.5 Å². The molecular weight excluding hydrogens is 224 g/mol. The molecule has 86 valence electrons. The zero-order valence-corrected chi connectivity index (χ0v) is 9.70. The van der Waals surface area contributed by atoms with E-state index in [-0.39, 0.29) is 18.0 Å². The van der Waals surface area contributed by atoms with Gasteiger partial charge in [0, 0.05) is 22.7 Å². The number of halogens is 1. The average Bonchev–Trinajstić information content (AvgIpc) is 2.65. The molecule has 3 nitrogen and oxygen atoms in total. The maximum Gasteiger partial charge on any atom is 0.251 e. The summed E-state index contributed by atoms with van der Waals surface area (Å²) in [5.74, 6) is -0.0704. The Morgan fingerprint density at radius 2 is 2.00 bits per heavy atom. The van der Waals surface area contributed by atoms with Gasteiger partial charge in [0.2, 0.25) is 0 Å². The zero-order chi connectivity index (χ0) is 11.5. The van der Waals surface area contributed by atoms with E-state index in [1.54, 1.807) is 24.3 Å². The van der Waals surface area contributed by atoms with E-state index in [4.69, 9.17) is 17.3 Å². The smallest absolute Gasteiger partial charge is 0.251 e. The first-order valence-corrected chi connectivity index (χ1v) is 5.86. The monoisotopic (exact) mass is 238 g/mol. The van der Waals surface area contributed by atoms with Gasteiger partial charge in [-0.1, -0.05) is 11.6 Å². The number of nitrogens with one attached hydrogen (secondary N) is 1. The van der Waals surface area contributed by atoms with Crippen molar-refractivity contribution in [3.05, 3.63) is 34.9 Å². The highest BCUT2D eigenvalue weighted by Crippen LogP contribution is 2.18. The molecule has 0 heterocycles. The van der Waals surface area contributed by atoms with Crippen LogP contribution in [0.1, 0.15) is 29.6 Å². The van der Waals surface area contributed by atoms with Gasteiger partial charge in [0.15, 0.2) is 0 Å². The maximum atomic E-state index is 11.8. The molecule has 1 saturated carbocycles. The lowest BCUT2D eigenvalue weighted by molar-refractivity contribution is 0.0934. The van der Waals surface area contributed by atoms with E-state index < -0.39 is 0 Å². The Morgan fingerprint density at radius 3 is 2.56 bits per heavy atom. The summed E-state index contributed by atoms with van der Waals surface area (Å²) in [6.07, 6.45) is 3.05. The first-order valence-electron chi connectivity index (χ1n) is 5.49. The molecule has 0 saturated heterocycles. The Morgan fingerprint density at radius 1 is 1.31 bits per heavy atom. The first-order chi connectivity index (χ1) is 7.66. The molecule has 0 aliphatic heterocycles. The number of benzene rings is 1. The van der Waals surface area contributed by atoms with Crippen LogP contribution in [0.5, 0.6) is 0 Å². The summed E-state index contributed by atoms with van der Waals surface area (Å²) < 4.78 is 0. The Kier molecular flexibility index (Phi) is 3.46. The quantitative estimate of drug-likeness (QED) is 0.828. The summed E-state index contributed by atoms with van der Waals surface area (Å²) in [5, 5.41) is 3.59. The molecule has 0 aromatic heterocycles. The van der Waals surface area contributed by atoms with Crippen molar-refractivity contribution in [3.8, 4) is 0 Å². The van der Waals surface area contributed by atoms with Crippen LogP contribution in [0.15, 0.2) is 24.3 Å². The number of hydrogen-bond donors (Lipinski definition) is 2. The third kappa shape index (κ3) is 2.54. The number of carbonyl (C=O) groups excluding carboxylic acids is 1. The largest absolute Gasteiger partial charge is 0.348 e. The van der Waals surface area contributed by atoms with Crippen molar-refractivity contribution in [2.24, 2.45) is 5.73 Å². The summed E-state index contributed by atoms with van der Waals surface area (Å²) in [6.45, 7) is 0. The normalized spacial score (nSPS) is 24.4. The van der Waals surface area contributed by atoms with E-state index >= 15 is 0 Å². The highest BCUT2D eigenvalue weighted by atomic mass is 35.5. The summed E-state index contributed by atoms with van der Waals surface area (Å²) >= 11 is 5.76. The van der Waals surface area contributed by atoms with E-state index in [0.29, 0.717) is 10.6 Å². The molecule has 1 aromatic carbocycles. The molecule has 2 atom stereocenters. The van der Waals surface area contributed by atoms with Crippen molar-refractivity contribution in [1.82, 2.24) is 5.32 Å². The maximum absolute atomic E-state index is 11.8. The summed E-state index contributed by atoms with van der Waals surface area (Å²) in [6, 6.07) is 7.08. The Bertz CT molecular complexity index is 377. The Balaban J connectivity index is 2.00. The van der Waals surface area contributed by atoms with Gasteiger partial charge in [-0.25, -0.2) is 0 Å². The lowest BCUT2D eigenvalue weighted by Crippen LogP contribution is -2.43. The number of hydrogen-bond acceptors (Lipinski definition) is 2. The summed E-state index contributed by atoms with van der Waals surface area (Å²) in [7, 11) is 0. The fourth-order valence-corrected chi connectivity index (χ4v) is 2.15. The van der Waals surface area contributed by atoms with Gasteiger partial charge in [0.25, 0.3) is 5.91 Å². The zero-order valence-electron chi connectivity index (χ0n) is 8.95. The van der Waals surface area contributed by atoms with Crippen LogP contribution in [0.25, 0.3) is 0 Å². The minimum atomic E-state index is -0.0704. The second-order valence-corrected chi connectivity index (χ2v) is 4.62. The SMILES string of the molecule is NC1CCCC1NC(=O)c1ccc(Cl)cc1. The van der Waals surface area contributed by atoms with Crippen molar-refractivity contribution >= 4 is 17.5 Å². The molecule has 2 unspecified atom stereocenters. The van der Waals surface area contributed by atoms with Crippen molar-refractivity contribution in [1.29, 1.82) is 0 Å². The molecule has 16 heavy (non-hydrogen) atoms. The molecule has 0 radical (unpaired) electrons. The van der Waals surface area contributed by atoms with Gasteiger partial charge < -0.3 is 11.1 Å². The van der Waals surface area contributed by atoms with E-state index in [1.165, 1.54) is 0 Å². The van der Waals surface area contributed by atoms with E-state index in [2.05, 4.69) is 5.32 Å². The minimum Gasteiger partial charge on any atom is -0.348 e. The number of amides is 1. The number of nitrogens with two attached hydrogens (primary N) is 1. The molecule has 1 aromatic rings. The molecular formula is C12H15ClN2O. The molecule has 0 spiro atoms. The van der Waals surface area contributed by atoms with Crippen LogP contribution in [0, 0.1) is 0 Å². The van der Waals surface area contributed by atoms with Gasteiger partial charge in [-0.2, -0.15) is 0 Å². The molecule has 4 heteroatoms. The number of carbonyl (C=O) groups is 1. The third-order valence-corrected chi connectivity index (χ3v) is 3.24. The van der Waals surface area contributed by atoms with Crippen molar-refractivity contribution in [3.63, 3.8) is 0 Å². The standard InChI is InChI=1S/C12H15ClN2O/c13-9-6-4-8(5-7-9)12(16)15-11-3-1-2-10(11)14/h4-7,10-11H,1-3,14H2,(H,15,16). The third-order valence-electron chi connectivity index (χ3n) is 2.99. The van der Waals surface area contributed by atoms with Crippen LogP contribution < -0.4 is 11.1 Å². The van der Waals surface area contributed by atoms with Crippen molar-refractivity contribution in [2.45, 2.75) is 31.3 Å². The number of rotatable bonds is 2. The molecule has 1 aliphatic carbocycles. The van der Waals surface area contributed by atoms with Crippen LogP contribution in [0.2, 0.25) is 5.02 Å². The highest BCUT2D eigenvalue weighted by Gasteiger charge is 2.25. The van der Waals surface area contributed by atoms with Gasteiger partial charge in [-0.3, -0.25) is 4.79 Å². The lowest BCUT2D eigenvalue weighted by Gasteiger charge is -2.17. The second-order valence-electron chi connectivity index (χ2n) is 4.18. The lowest BCUT2D eigenvalue weighted by atomic mass is 10.1. The van der Waals surface area contributed by atoms with Gasteiger partial charge in [-0.15, -0.1) is 0 Å². The van der Waals surface area contributed by atoms with Crippen LogP contribution in [0.3, 0.4) is 0 Å². The van der Waals surface area contributed by atoms with E-state index in [0.717, 1.165) is 19.3 Å². The fraction of sp³-hybridized carbons (Fsp3) is 0.417. The summed E-state index contributed by atoms with van der Waals surface area (Å²) in [5.41, 5.74) is 6.52. The van der Waals surface area contributed by atoms with E-state index in [9.17, 15) is 4.79 Å². The molecule has 1 amide bonds. The predicted octanol–water partition coefficient (Wildman–Crippen LogP) is 1.95. The Labute approximate surface area is 100.0 Å². The fourth-order valence-electron chi connectivity index (χ4n) is 2.02. The molecule has 0 bridgehead atoms.